The van der Waals surface area contributed by atoms with Crippen LogP contribution in [0.5, 0.6) is 0 Å². The number of carbonyl (C=O) groups excluding carboxylic acids is 1. The van der Waals surface area contributed by atoms with Gasteiger partial charge in [0, 0.05) is 19.6 Å². The summed E-state index contributed by atoms with van der Waals surface area (Å²) in [5.74, 6) is 0.453. The molecular formula is C22H28N4OS. The first kappa shape index (κ1) is 20.4. The minimum Gasteiger partial charge on any atom is -0.355 e. The largest absolute Gasteiger partial charge is 0.355 e. The van der Waals surface area contributed by atoms with Gasteiger partial charge in [0.15, 0.2) is 5.16 Å². The van der Waals surface area contributed by atoms with Gasteiger partial charge in [-0.1, -0.05) is 54.2 Å². The molecule has 0 atom stereocenters. The van der Waals surface area contributed by atoms with Crippen molar-refractivity contribution in [2.75, 3.05) is 25.9 Å². The monoisotopic (exact) mass is 396 g/mol. The standard InChI is InChI=1S/C22H28N4OS/c1-3-26-20-13-8-7-12-19(20)24-22(26)28-17-21(27)23-14-9-15-25(2)16-18-10-5-4-6-11-18/h4-8,10-13H,3,9,14-17H2,1-2H3,(H,23,27). The Morgan fingerprint density at radius 2 is 1.89 bits per heavy atom. The van der Waals surface area contributed by atoms with Crippen LogP contribution in [0.15, 0.2) is 59.8 Å². The zero-order valence-corrected chi connectivity index (χ0v) is 17.4. The number of thioether (sulfide) groups is 1. The lowest BCUT2D eigenvalue weighted by Crippen LogP contribution is -2.29. The SMILES string of the molecule is CCn1c(SCC(=O)NCCCN(C)Cc2ccccc2)nc2ccccc21. The highest BCUT2D eigenvalue weighted by atomic mass is 32.2. The van der Waals surface area contributed by atoms with Gasteiger partial charge in [-0.3, -0.25) is 4.79 Å². The maximum absolute atomic E-state index is 12.2. The van der Waals surface area contributed by atoms with Gasteiger partial charge >= 0.3 is 0 Å². The summed E-state index contributed by atoms with van der Waals surface area (Å²) in [6.07, 6.45) is 0.938. The van der Waals surface area contributed by atoms with Gasteiger partial charge < -0.3 is 14.8 Å². The van der Waals surface area contributed by atoms with Crippen LogP contribution in [0.1, 0.15) is 18.9 Å². The number of fused-ring (bicyclic) bond motifs is 1. The predicted octanol–water partition coefficient (Wildman–Crippen LogP) is 3.79. The third-order valence-electron chi connectivity index (χ3n) is 4.60. The molecule has 0 aliphatic rings. The van der Waals surface area contributed by atoms with Gasteiger partial charge in [-0.25, -0.2) is 4.98 Å². The molecule has 1 N–H and O–H groups in total. The van der Waals surface area contributed by atoms with Crippen LogP contribution >= 0.6 is 11.8 Å². The maximum Gasteiger partial charge on any atom is 0.230 e. The molecule has 148 valence electrons. The number of nitrogens with zero attached hydrogens (tertiary/aromatic N) is 3. The third-order valence-corrected chi connectivity index (χ3v) is 5.58. The molecule has 0 radical (unpaired) electrons. The highest BCUT2D eigenvalue weighted by molar-refractivity contribution is 7.99. The van der Waals surface area contributed by atoms with E-state index >= 15 is 0 Å². The van der Waals surface area contributed by atoms with Crippen molar-refractivity contribution in [3.05, 3.63) is 60.2 Å². The molecular weight excluding hydrogens is 368 g/mol. The molecule has 0 fully saturated rings. The van der Waals surface area contributed by atoms with E-state index < -0.39 is 0 Å². The van der Waals surface area contributed by atoms with E-state index in [0.717, 1.165) is 42.2 Å². The summed E-state index contributed by atoms with van der Waals surface area (Å²) in [5, 5.41) is 3.92. The van der Waals surface area contributed by atoms with E-state index in [4.69, 9.17) is 0 Å². The number of para-hydroxylation sites is 2. The topological polar surface area (TPSA) is 50.2 Å². The fourth-order valence-corrected chi connectivity index (χ4v) is 4.11. The lowest BCUT2D eigenvalue weighted by Gasteiger charge is -2.16. The molecule has 0 unspecified atom stereocenters. The van der Waals surface area contributed by atoms with Crippen LogP contribution < -0.4 is 5.32 Å². The third kappa shape index (κ3) is 5.59. The molecule has 1 aromatic heterocycles. The first-order valence-electron chi connectivity index (χ1n) is 9.74. The summed E-state index contributed by atoms with van der Waals surface area (Å²) < 4.78 is 2.16. The van der Waals surface area contributed by atoms with Gasteiger partial charge in [0.2, 0.25) is 5.91 Å². The minimum atomic E-state index is 0.0606. The van der Waals surface area contributed by atoms with Crippen molar-refractivity contribution in [3.63, 3.8) is 0 Å². The van der Waals surface area contributed by atoms with Crippen molar-refractivity contribution < 1.29 is 4.79 Å². The molecule has 3 rings (SSSR count). The van der Waals surface area contributed by atoms with Gasteiger partial charge in [-0.05, 0) is 44.6 Å². The summed E-state index contributed by atoms with van der Waals surface area (Å²) in [7, 11) is 2.11. The fourth-order valence-electron chi connectivity index (χ4n) is 3.20. The van der Waals surface area contributed by atoms with Crippen LogP contribution in [0.25, 0.3) is 11.0 Å². The lowest BCUT2D eigenvalue weighted by molar-refractivity contribution is -0.118. The van der Waals surface area contributed by atoms with E-state index in [1.54, 1.807) is 0 Å². The van der Waals surface area contributed by atoms with Crippen LogP contribution in [0.3, 0.4) is 0 Å². The lowest BCUT2D eigenvalue weighted by atomic mass is 10.2. The summed E-state index contributed by atoms with van der Waals surface area (Å²) in [4.78, 5) is 19.1. The Morgan fingerprint density at radius 3 is 2.68 bits per heavy atom. The second-order valence-electron chi connectivity index (χ2n) is 6.84. The molecule has 0 bridgehead atoms. The molecule has 1 amide bonds. The average molecular weight is 397 g/mol. The number of imidazole rings is 1. The van der Waals surface area contributed by atoms with E-state index in [2.05, 4.69) is 64.1 Å². The van der Waals surface area contributed by atoms with Gasteiger partial charge in [0.05, 0.1) is 16.8 Å². The first-order valence-corrected chi connectivity index (χ1v) is 10.7. The Labute approximate surface area is 171 Å². The number of benzene rings is 2. The minimum absolute atomic E-state index is 0.0606. The predicted molar refractivity (Wildman–Crippen MR) is 117 cm³/mol. The van der Waals surface area contributed by atoms with Crippen LogP contribution in [0.4, 0.5) is 0 Å². The number of aryl methyl sites for hydroxylation is 1. The number of nitrogens with one attached hydrogen (secondary N) is 1. The van der Waals surface area contributed by atoms with Crippen molar-refractivity contribution in [2.45, 2.75) is 31.6 Å². The molecule has 5 nitrogen and oxygen atoms in total. The number of rotatable bonds is 10. The number of amides is 1. The Balaban J connectivity index is 1.38. The molecule has 3 aromatic rings. The summed E-state index contributed by atoms with van der Waals surface area (Å²) in [6, 6.07) is 18.5. The maximum atomic E-state index is 12.2. The van der Waals surface area contributed by atoms with E-state index in [1.807, 2.05) is 24.3 Å². The summed E-state index contributed by atoms with van der Waals surface area (Å²) >= 11 is 1.50. The van der Waals surface area contributed by atoms with Gasteiger partial charge in [-0.15, -0.1) is 0 Å². The molecule has 0 saturated heterocycles. The number of carbonyl (C=O) groups is 1. The van der Waals surface area contributed by atoms with Crippen molar-refractivity contribution in [1.29, 1.82) is 0 Å². The van der Waals surface area contributed by atoms with Crippen molar-refractivity contribution >= 4 is 28.7 Å². The van der Waals surface area contributed by atoms with Gasteiger partial charge in [-0.2, -0.15) is 0 Å². The van der Waals surface area contributed by atoms with Crippen LogP contribution in [-0.2, 0) is 17.9 Å². The van der Waals surface area contributed by atoms with E-state index in [0.29, 0.717) is 12.3 Å². The second kappa shape index (κ2) is 10.3. The molecule has 0 aliphatic carbocycles. The highest BCUT2D eigenvalue weighted by Crippen LogP contribution is 2.23. The Kier molecular flexibility index (Phi) is 7.51. The summed E-state index contributed by atoms with van der Waals surface area (Å²) in [6.45, 7) is 5.52. The van der Waals surface area contributed by atoms with Crippen LogP contribution in [0.2, 0.25) is 0 Å². The van der Waals surface area contributed by atoms with Crippen molar-refractivity contribution in [1.82, 2.24) is 19.8 Å². The molecule has 6 heteroatoms. The van der Waals surface area contributed by atoms with Gasteiger partial charge in [0.25, 0.3) is 0 Å². The Morgan fingerprint density at radius 1 is 1.14 bits per heavy atom. The van der Waals surface area contributed by atoms with E-state index in [1.165, 1.54) is 17.3 Å². The molecule has 0 aliphatic heterocycles. The van der Waals surface area contributed by atoms with E-state index in [9.17, 15) is 4.79 Å². The van der Waals surface area contributed by atoms with Crippen molar-refractivity contribution in [3.8, 4) is 0 Å². The highest BCUT2D eigenvalue weighted by Gasteiger charge is 2.11. The fraction of sp³-hybridized carbons (Fsp3) is 0.364. The molecule has 1 heterocycles. The molecule has 2 aromatic carbocycles. The zero-order chi connectivity index (χ0) is 19.8. The zero-order valence-electron chi connectivity index (χ0n) is 16.6. The quantitative estimate of drug-likeness (QED) is 0.418. The normalized spacial score (nSPS) is 11.2. The van der Waals surface area contributed by atoms with Crippen LogP contribution in [-0.4, -0.2) is 46.2 Å². The first-order chi connectivity index (χ1) is 13.7. The van der Waals surface area contributed by atoms with Crippen LogP contribution in [0, 0.1) is 0 Å². The number of hydrogen-bond acceptors (Lipinski definition) is 4. The molecule has 0 spiro atoms. The second-order valence-corrected chi connectivity index (χ2v) is 7.79. The Hall–Kier alpha value is -2.31. The Bertz CT molecular complexity index is 894. The van der Waals surface area contributed by atoms with Gasteiger partial charge in [0.1, 0.15) is 0 Å². The smallest absolute Gasteiger partial charge is 0.230 e. The molecule has 0 saturated carbocycles. The number of hydrogen-bond donors (Lipinski definition) is 1. The van der Waals surface area contributed by atoms with Crippen molar-refractivity contribution in [2.24, 2.45) is 0 Å². The molecule has 28 heavy (non-hydrogen) atoms. The number of aromatic nitrogens is 2. The summed E-state index contributed by atoms with van der Waals surface area (Å²) in [5.41, 5.74) is 3.41. The average Bonchev–Trinajstić information content (AvgIpc) is 3.08. The van der Waals surface area contributed by atoms with E-state index in [-0.39, 0.29) is 5.91 Å².